The van der Waals surface area contributed by atoms with Gasteiger partial charge in [-0.1, -0.05) is 13.3 Å². The molecule has 1 aliphatic rings. The number of ether oxygens (including phenoxy) is 1. The summed E-state index contributed by atoms with van der Waals surface area (Å²) in [6.07, 6.45) is 3.78. The van der Waals surface area contributed by atoms with E-state index in [1.165, 1.54) is 26.2 Å². The molecule has 8 nitrogen and oxygen atoms in total. The molecule has 29 heavy (non-hydrogen) atoms. The molecule has 1 heterocycles. The third kappa shape index (κ3) is 5.93. The maximum absolute atomic E-state index is 12.7. The summed E-state index contributed by atoms with van der Waals surface area (Å²) in [5.41, 5.74) is 0.786. The number of nitrogens with zero attached hydrogens (tertiary/aromatic N) is 2. The topological polar surface area (TPSA) is 96.0 Å². The fourth-order valence-corrected chi connectivity index (χ4v) is 4.24. The van der Waals surface area contributed by atoms with E-state index in [1.54, 1.807) is 6.07 Å². The lowest BCUT2D eigenvalue weighted by molar-refractivity contribution is -0.124. The average molecular weight is 426 g/mol. The largest absolute Gasteiger partial charge is 0.452 e. The van der Waals surface area contributed by atoms with Crippen molar-refractivity contribution in [3.05, 3.63) is 23.8 Å². The van der Waals surface area contributed by atoms with Crippen LogP contribution in [0.1, 0.15) is 49.9 Å². The molecule has 1 N–H and O–H groups in total. The van der Waals surface area contributed by atoms with Gasteiger partial charge in [0.05, 0.1) is 16.1 Å². The Kier molecular flexibility index (Phi) is 8.04. The van der Waals surface area contributed by atoms with Gasteiger partial charge in [0.1, 0.15) is 0 Å². The van der Waals surface area contributed by atoms with E-state index in [9.17, 15) is 18.0 Å². The van der Waals surface area contributed by atoms with Gasteiger partial charge in [-0.05, 0) is 44.4 Å². The number of carbonyl (C=O) groups excluding carboxylic acids is 2. The van der Waals surface area contributed by atoms with Crippen molar-refractivity contribution >= 4 is 27.6 Å². The van der Waals surface area contributed by atoms with Gasteiger partial charge in [0, 0.05) is 33.2 Å². The first-order chi connectivity index (χ1) is 13.7. The summed E-state index contributed by atoms with van der Waals surface area (Å²) in [6, 6.07) is 4.48. The molecule has 1 aromatic carbocycles. The summed E-state index contributed by atoms with van der Waals surface area (Å²) >= 11 is 0. The SMILES string of the molecule is CCC[C@@H](C)NC(=O)COC(=O)c1cc(S(=O)(=O)N(C)C)ccc1N1CCCC1. The van der Waals surface area contributed by atoms with Crippen LogP contribution in [0.2, 0.25) is 0 Å². The Hall–Kier alpha value is -2.13. The molecule has 0 spiro atoms. The summed E-state index contributed by atoms with van der Waals surface area (Å²) in [5, 5.41) is 2.78. The lowest BCUT2D eigenvalue weighted by Crippen LogP contribution is -2.35. The number of sulfonamides is 1. The van der Waals surface area contributed by atoms with Crippen LogP contribution >= 0.6 is 0 Å². The second kappa shape index (κ2) is 10.1. The van der Waals surface area contributed by atoms with E-state index in [2.05, 4.69) is 5.32 Å². The van der Waals surface area contributed by atoms with Gasteiger partial charge in [0.15, 0.2) is 6.61 Å². The summed E-state index contributed by atoms with van der Waals surface area (Å²) in [4.78, 5) is 26.8. The van der Waals surface area contributed by atoms with Crippen LogP contribution in [0, 0.1) is 0 Å². The quantitative estimate of drug-likeness (QED) is 0.608. The normalized spacial score (nSPS) is 15.4. The first-order valence-corrected chi connectivity index (χ1v) is 11.4. The molecule has 2 rings (SSSR count). The van der Waals surface area contributed by atoms with Gasteiger partial charge in [-0.15, -0.1) is 0 Å². The van der Waals surface area contributed by atoms with E-state index < -0.39 is 22.6 Å². The number of carbonyl (C=O) groups is 2. The molecular formula is C20H31N3O5S. The van der Waals surface area contributed by atoms with Crippen LogP contribution in [0.3, 0.4) is 0 Å². The molecule has 9 heteroatoms. The summed E-state index contributed by atoms with van der Waals surface area (Å²) in [7, 11) is -0.831. The maximum Gasteiger partial charge on any atom is 0.340 e. The number of rotatable bonds is 9. The monoisotopic (exact) mass is 425 g/mol. The zero-order valence-electron chi connectivity index (χ0n) is 17.6. The second-order valence-corrected chi connectivity index (χ2v) is 9.65. The van der Waals surface area contributed by atoms with Gasteiger partial charge in [-0.2, -0.15) is 0 Å². The minimum Gasteiger partial charge on any atom is -0.452 e. The van der Waals surface area contributed by atoms with E-state index in [0.717, 1.165) is 43.1 Å². The smallest absolute Gasteiger partial charge is 0.340 e. The molecule has 0 unspecified atom stereocenters. The molecule has 1 aliphatic heterocycles. The predicted octanol–water partition coefficient (Wildman–Crippen LogP) is 2.00. The molecule has 1 saturated heterocycles. The molecule has 0 saturated carbocycles. The third-order valence-electron chi connectivity index (χ3n) is 4.88. The molecule has 1 aromatic rings. The van der Waals surface area contributed by atoms with E-state index >= 15 is 0 Å². The van der Waals surface area contributed by atoms with Gasteiger partial charge in [-0.25, -0.2) is 17.5 Å². The maximum atomic E-state index is 12.7. The molecule has 0 aliphatic carbocycles. The van der Waals surface area contributed by atoms with Crippen LogP contribution in [-0.2, 0) is 19.6 Å². The van der Waals surface area contributed by atoms with Crippen molar-refractivity contribution < 1.29 is 22.7 Å². The minimum atomic E-state index is -3.70. The Morgan fingerprint density at radius 1 is 1.24 bits per heavy atom. The Balaban J connectivity index is 2.23. The van der Waals surface area contributed by atoms with Gasteiger partial charge in [0.25, 0.3) is 5.91 Å². The highest BCUT2D eigenvalue weighted by Gasteiger charge is 2.25. The van der Waals surface area contributed by atoms with Crippen LogP contribution < -0.4 is 10.2 Å². The fourth-order valence-electron chi connectivity index (χ4n) is 3.31. The highest BCUT2D eigenvalue weighted by atomic mass is 32.2. The first kappa shape index (κ1) is 23.2. The van der Waals surface area contributed by atoms with E-state index in [4.69, 9.17) is 4.74 Å². The van der Waals surface area contributed by atoms with Crippen molar-refractivity contribution in [3.63, 3.8) is 0 Å². The fraction of sp³-hybridized carbons (Fsp3) is 0.600. The summed E-state index contributed by atoms with van der Waals surface area (Å²) in [5.74, 6) is -1.08. The number of hydrogen-bond donors (Lipinski definition) is 1. The van der Waals surface area contributed by atoms with Crippen molar-refractivity contribution in [2.24, 2.45) is 0 Å². The molecule has 162 valence electrons. The number of nitrogens with one attached hydrogen (secondary N) is 1. The molecule has 0 radical (unpaired) electrons. The van der Waals surface area contributed by atoms with Crippen LogP contribution in [0.5, 0.6) is 0 Å². The lowest BCUT2D eigenvalue weighted by atomic mass is 10.1. The van der Waals surface area contributed by atoms with Gasteiger partial charge in [-0.3, -0.25) is 4.79 Å². The molecule has 1 amide bonds. The number of anilines is 1. The van der Waals surface area contributed by atoms with Crippen molar-refractivity contribution in [1.82, 2.24) is 9.62 Å². The van der Waals surface area contributed by atoms with Crippen LogP contribution in [-0.4, -0.2) is 64.4 Å². The van der Waals surface area contributed by atoms with Crippen molar-refractivity contribution in [2.75, 3.05) is 38.7 Å². The number of esters is 1. The summed E-state index contributed by atoms with van der Waals surface area (Å²) < 4.78 is 31.3. The zero-order valence-corrected chi connectivity index (χ0v) is 18.4. The second-order valence-electron chi connectivity index (χ2n) is 7.49. The molecule has 0 bridgehead atoms. The standard InChI is InChI=1S/C20H31N3O5S/c1-5-8-15(2)21-19(24)14-28-20(25)17-13-16(29(26,27)22(3)4)9-10-18(17)23-11-6-7-12-23/h9-10,13,15H,5-8,11-12,14H2,1-4H3,(H,21,24)/t15-/m1/s1. The van der Waals surface area contributed by atoms with E-state index in [-0.39, 0.29) is 22.4 Å². The average Bonchev–Trinajstić information content (AvgIpc) is 3.20. The van der Waals surface area contributed by atoms with Crippen LogP contribution in [0.15, 0.2) is 23.1 Å². The van der Waals surface area contributed by atoms with Gasteiger partial charge < -0.3 is 15.0 Å². The Bertz CT molecular complexity index is 833. The number of amides is 1. The lowest BCUT2D eigenvalue weighted by Gasteiger charge is -2.22. The minimum absolute atomic E-state index is 0.0000692. The van der Waals surface area contributed by atoms with Crippen LogP contribution in [0.4, 0.5) is 5.69 Å². The zero-order chi connectivity index (χ0) is 21.6. The highest BCUT2D eigenvalue weighted by Crippen LogP contribution is 2.28. The first-order valence-electron chi connectivity index (χ1n) is 9.94. The van der Waals surface area contributed by atoms with Crippen molar-refractivity contribution in [3.8, 4) is 0 Å². The Morgan fingerprint density at radius 2 is 1.90 bits per heavy atom. The molecular weight excluding hydrogens is 394 g/mol. The summed E-state index contributed by atoms with van der Waals surface area (Å²) in [6.45, 7) is 5.09. The highest BCUT2D eigenvalue weighted by molar-refractivity contribution is 7.89. The van der Waals surface area contributed by atoms with E-state index in [1.807, 2.05) is 18.7 Å². The molecule has 1 fully saturated rings. The van der Waals surface area contributed by atoms with Gasteiger partial charge >= 0.3 is 5.97 Å². The third-order valence-corrected chi connectivity index (χ3v) is 6.69. The molecule has 1 atom stereocenters. The predicted molar refractivity (Wildman–Crippen MR) is 112 cm³/mol. The van der Waals surface area contributed by atoms with Crippen molar-refractivity contribution in [2.45, 2.75) is 50.5 Å². The van der Waals surface area contributed by atoms with Crippen LogP contribution in [0.25, 0.3) is 0 Å². The molecule has 0 aromatic heterocycles. The van der Waals surface area contributed by atoms with E-state index in [0.29, 0.717) is 5.69 Å². The number of benzene rings is 1. The Labute approximate surface area is 173 Å². The number of hydrogen-bond acceptors (Lipinski definition) is 6. The Morgan fingerprint density at radius 3 is 2.48 bits per heavy atom. The van der Waals surface area contributed by atoms with Crippen molar-refractivity contribution in [1.29, 1.82) is 0 Å². The van der Waals surface area contributed by atoms with Gasteiger partial charge in [0.2, 0.25) is 10.0 Å².